The van der Waals surface area contributed by atoms with Crippen molar-refractivity contribution in [2.45, 2.75) is 32.0 Å². The summed E-state index contributed by atoms with van der Waals surface area (Å²) in [6.07, 6.45) is -0.517. The standard InChI is InChI=1S/C13H18F3N3O3S/c14-13(15,16)10-22-12-8-11(4-5-17-12)9-18-23(20,21)19-6-2-1-3-7-19/h4-5,8,18H,1-3,6-7,9-10H2. The predicted octanol–water partition coefficient (Wildman–Crippen LogP) is 1.84. The van der Waals surface area contributed by atoms with Crippen LogP contribution in [0.2, 0.25) is 0 Å². The molecular formula is C13H18F3N3O3S. The SMILES string of the molecule is O=S(=O)(NCc1ccnc(OCC(F)(F)F)c1)N1CCCCC1. The van der Waals surface area contributed by atoms with E-state index in [2.05, 4.69) is 14.4 Å². The molecule has 0 aromatic carbocycles. The van der Waals surface area contributed by atoms with E-state index in [1.54, 1.807) is 0 Å². The maximum Gasteiger partial charge on any atom is 0.422 e. The lowest BCUT2D eigenvalue weighted by molar-refractivity contribution is -0.154. The zero-order valence-electron chi connectivity index (χ0n) is 12.3. The van der Waals surface area contributed by atoms with Crippen molar-refractivity contribution in [1.29, 1.82) is 0 Å². The van der Waals surface area contributed by atoms with Gasteiger partial charge < -0.3 is 4.74 Å². The van der Waals surface area contributed by atoms with Gasteiger partial charge in [0.1, 0.15) is 0 Å². The first-order valence-corrected chi connectivity index (χ1v) is 8.59. The molecule has 23 heavy (non-hydrogen) atoms. The minimum atomic E-state index is -4.45. The molecule has 1 N–H and O–H groups in total. The monoisotopic (exact) mass is 353 g/mol. The van der Waals surface area contributed by atoms with Gasteiger partial charge in [-0.25, -0.2) is 4.98 Å². The molecule has 0 saturated carbocycles. The smallest absolute Gasteiger partial charge is 0.422 e. The van der Waals surface area contributed by atoms with Crippen molar-refractivity contribution >= 4 is 10.2 Å². The van der Waals surface area contributed by atoms with Gasteiger partial charge >= 0.3 is 6.18 Å². The molecule has 0 bridgehead atoms. The Bertz CT molecular complexity index is 616. The number of halogens is 3. The van der Waals surface area contributed by atoms with E-state index in [1.165, 1.54) is 22.6 Å². The van der Waals surface area contributed by atoms with Crippen LogP contribution in [0.1, 0.15) is 24.8 Å². The highest BCUT2D eigenvalue weighted by Crippen LogP contribution is 2.18. The van der Waals surface area contributed by atoms with Crippen LogP contribution in [0.4, 0.5) is 13.2 Å². The van der Waals surface area contributed by atoms with Crippen LogP contribution >= 0.6 is 0 Å². The number of alkyl halides is 3. The summed E-state index contributed by atoms with van der Waals surface area (Å²) in [5.74, 6) is -0.197. The van der Waals surface area contributed by atoms with E-state index < -0.39 is 23.0 Å². The van der Waals surface area contributed by atoms with Crippen molar-refractivity contribution in [3.63, 3.8) is 0 Å². The number of hydrogen-bond donors (Lipinski definition) is 1. The fourth-order valence-corrected chi connectivity index (χ4v) is 3.44. The molecule has 1 aliphatic heterocycles. The fourth-order valence-electron chi connectivity index (χ4n) is 2.17. The Balaban J connectivity index is 1.92. The molecule has 2 rings (SSSR count). The Morgan fingerprint density at radius 2 is 1.96 bits per heavy atom. The molecular weight excluding hydrogens is 335 g/mol. The van der Waals surface area contributed by atoms with E-state index >= 15 is 0 Å². The van der Waals surface area contributed by atoms with Crippen molar-refractivity contribution in [2.75, 3.05) is 19.7 Å². The van der Waals surface area contributed by atoms with Crippen LogP contribution in [0, 0.1) is 0 Å². The van der Waals surface area contributed by atoms with E-state index in [9.17, 15) is 21.6 Å². The number of rotatable bonds is 6. The van der Waals surface area contributed by atoms with Crippen LogP contribution in [-0.2, 0) is 16.8 Å². The van der Waals surface area contributed by atoms with Gasteiger partial charge in [0.15, 0.2) is 6.61 Å². The van der Waals surface area contributed by atoms with Crippen molar-refractivity contribution < 1.29 is 26.3 Å². The lowest BCUT2D eigenvalue weighted by atomic mass is 10.2. The van der Waals surface area contributed by atoms with Crippen molar-refractivity contribution in [2.24, 2.45) is 0 Å². The van der Waals surface area contributed by atoms with Gasteiger partial charge in [-0.15, -0.1) is 0 Å². The Hall–Kier alpha value is -1.39. The molecule has 1 aromatic heterocycles. The Labute approximate surface area is 132 Å². The maximum atomic E-state index is 12.1. The number of piperidine rings is 1. The third-order valence-corrected chi connectivity index (χ3v) is 4.85. The minimum Gasteiger partial charge on any atom is -0.468 e. The quantitative estimate of drug-likeness (QED) is 0.847. The predicted molar refractivity (Wildman–Crippen MR) is 77.0 cm³/mol. The van der Waals surface area contributed by atoms with Crippen molar-refractivity contribution in [3.8, 4) is 5.88 Å². The lowest BCUT2D eigenvalue weighted by Crippen LogP contribution is -2.43. The van der Waals surface area contributed by atoms with Gasteiger partial charge in [0.05, 0.1) is 0 Å². The van der Waals surface area contributed by atoms with Gasteiger partial charge in [-0.3, -0.25) is 0 Å². The average Bonchev–Trinajstić information content (AvgIpc) is 2.52. The molecule has 0 amide bonds. The third kappa shape index (κ3) is 5.96. The Morgan fingerprint density at radius 1 is 1.26 bits per heavy atom. The highest BCUT2D eigenvalue weighted by Gasteiger charge is 2.28. The van der Waals surface area contributed by atoms with E-state index in [0.29, 0.717) is 18.7 Å². The average molecular weight is 353 g/mol. The van der Waals surface area contributed by atoms with Gasteiger partial charge in [-0.05, 0) is 24.5 Å². The molecule has 0 atom stereocenters. The second-order valence-electron chi connectivity index (χ2n) is 5.19. The molecule has 130 valence electrons. The molecule has 1 fully saturated rings. The van der Waals surface area contributed by atoms with E-state index in [-0.39, 0.29) is 12.4 Å². The second kappa shape index (κ2) is 7.45. The minimum absolute atomic E-state index is 0.0380. The van der Waals surface area contributed by atoms with Gasteiger partial charge in [-0.2, -0.15) is 30.6 Å². The van der Waals surface area contributed by atoms with E-state index in [1.807, 2.05) is 0 Å². The van der Waals surface area contributed by atoms with E-state index in [0.717, 1.165) is 19.3 Å². The van der Waals surface area contributed by atoms with Gasteiger partial charge in [0.2, 0.25) is 5.88 Å². The molecule has 2 heterocycles. The molecule has 1 aromatic rings. The highest BCUT2D eigenvalue weighted by molar-refractivity contribution is 7.87. The molecule has 1 saturated heterocycles. The molecule has 6 nitrogen and oxygen atoms in total. The Morgan fingerprint density at radius 3 is 2.61 bits per heavy atom. The second-order valence-corrected chi connectivity index (χ2v) is 6.95. The summed E-state index contributed by atoms with van der Waals surface area (Å²) in [6, 6.07) is 2.80. The van der Waals surface area contributed by atoms with Crippen LogP contribution in [0.5, 0.6) is 5.88 Å². The first-order chi connectivity index (χ1) is 10.8. The van der Waals surface area contributed by atoms with Crippen LogP contribution in [0.15, 0.2) is 18.3 Å². The molecule has 0 aliphatic carbocycles. The number of ether oxygens (including phenoxy) is 1. The van der Waals surface area contributed by atoms with Crippen LogP contribution < -0.4 is 9.46 Å². The summed E-state index contributed by atoms with van der Waals surface area (Å²) in [6.45, 7) is -0.524. The van der Waals surface area contributed by atoms with Gasteiger partial charge in [0, 0.05) is 31.9 Å². The molecule has 0 unspecified atom stereocenters. The summed E-state index contributed by atoms with van der Waals surface area (Å²) >= 11 is 0. The number of nitrogens with zero attached hydrogens (tertiary/aromatic N) is 2. The number of aromatic nitrogens is 1. The Kier molecular flexibility index (Phi) is 5.82. The molecule has 1 aliphatic rings. The molecule has 10 heteroatoms. The maximum absolute atomic E-state index is 12.1. The lowest BCUT2D eigenvalue weighted by Gasteiger charge is -2.25. The van der Waals surface area contributed by atoms with Crippen LogP contribution in [0.25, 0.3) is 0 Å². The normalized spacial score (nSPS) is 17.2. The highest BCUT2D eigenvalue weighted by atomic mass is 32.2. The molecule has 0 radical (unpaired) electrons. The van der Waals surface area contributed by atoms with Gasteiger partial charge in [0.25, 0.3) is 10.2 Å². The molecule has 0 spiro atoms. The number of nitrogens with one attached hydrogen (secondary N) is 1. The van der Waals surface area contributed by atoms with Crippen molar-refractivity contribution in [1.82, 2.24) is 14.0 Å². The summed E-state index contributed by atoms with van der Waals surface area (Å²) < 4.78 is 68.9. The number of pyridine rings is 1. The van der Waals surface area contributed by atoms with Gasteiger partial charge in [-0.1, -0.05) is 6.42 Å². The first kappa shape index (κ1) is 18.0. The summed E-state index contributed by atoms with van der Waals surface area (Å²) in [4.78, 5) is 3.67. The number of hydrogen-bond acceptors (Lipinski definition) is 4. The van der Waals surface area contributed by atoms with Crippen LogP contribution in [0.3, 0.4) is 0 Å². The first-order valence-electron chi connectivity index (χ1n) is 7.15. The van der Waals surface area contributed by atoms with E-state index in [4.69, 9.17) is 0 Å². The fraction of sp³-hybridized carbons (Fsp3) is 0.615. The summed E-state index contributed by atoms with van der Waals surface area (Å²) in [5.41, 5.74) is 0.470. The largest absolute Gasteiger partial charge is 0.468 e. The zero-order valence-corrected chi connectivity index (χ0v) is 13.2. The third-order valence-electron chi connectivity index (χ3n) is 3.30. The van der Waals surface area contributed by atoms with Crippen LogP contribution in [-0.4, -0.2) is 43.6 Å². The van der Waals surface area contributed by atoms with Crippen molar-refractivity contribution in [3.05, 3.63) is 23.9 Å². The zero-order chi connectivity index (χ0) is 16.9. The summed E-state index contributed by atoms with van der Waals surface area (Å²) in [7, 11) is -3.59. The topological polar surface area (TPSA) is 71.5 Å². The summed E-state index contributed by atoms with van der Waals surface area (Å²) in [5, 5.41) is 0.